The lowest BCUT2D eigenvalue weighted by Gasteiger charge is -2.27. The Labute approximate surface area is 217 Å². The second-order valence-corrected chi connectivity index (χ2v) is 9.34. The number of anilines is 1. The highest BCUT2D eigenvalue weighted by Gasteiger charge is 2.21. The van der Waals surface area contributed by atoms with Crippen molar-refractivity contribution in [3.8, 4) is 0 Å². The number of amides is 2. The van der Waals surface area contributed by atoms with E-state index in [1.165, 1.54) is 12.1 Å². The van der Waals surface area contributed by atoms with Crippen molar-refractivity contribution in [1.29, 1.82) is 0 Å². The first-order chi connectivity index (χ1) is 18.0. The summed E-state index contributed by atoms with van der Waals surface area (Å²) in [4.78, 5) is 32.3. The van der Waals surface area contributed by atoms with Gasteiger partial charge in [0, 0.05) is 24.7 Å². The van der Waals surface area contributed by atoms with E-state index in [4.69, 9.17) is 4.98 Å². The number of para-hydroxylation sites is 3. The molecule has 2 amide bonds. The Kier molecular flexibility index (Phi) is 8.67. The molecule has 0 saturated heterocycles. The number of aromatic nitrogens is 2. The first-order valence-corrected chi connectivity index (χ1v) is 12.8. The average molecular weight is 501 g/mol. The summed E-state index contributed by atoms with van der Waals surface area (Å²) in [6.07, 6.45) is 3.22. The van der Waals surface area contributed by atoms with Gasteiger partial charge in [-0.25, -0.2) is 9.37 Å². The van der Waals surface area contributed by atoms with E-state index in [1.54, 1.807) is 12.1 Å². The van der Waals surface area contributed by atoms with Crippen molar-refractivity contribution in [2.75, 3.05) is 11.4 Å². The third-order valence-electron chi connectivity index (χ3n) is 6.33. The lowest BCUT2D eigenvalue weighted by molar-refractivity contribution is -0.119. The van der Waals surface area contributed by atoms with Crippen molar-refractivity contribution in [2.24, 2.45) is 0 Å². The van der Waals surface area contributed by atoms with E-state index < -0.39 is 11.7 Å². The maximum Gasteiger partial charge on any atom is 0.254 e. The molecule has 0 atom stereocenters. The van der Waals surface area contributed by atoms with Crippen LogP contribution < -0.4 is 10.2 Å². The molecule has 0 spiro atoms. The van der Waals surface area contributed by atoms with Gasteiger partial charge in [0.15, 0.2) is 0 Å². The number of benzene rings is 3. The van der Waals surface area contributed by atoms with E-state index in [9.17, 15) is 14.0 Å². The molecular formula is C30H33FN4O2. The zero-order valence-corrected chi connectivity index (χ0v) is 21.4. The minimum Gasteiger partial charge on any atom is -0.352 e. The van der Waals surface area contributed by atoms with Crippen LogP contribution >= 0.6 is 0 Å². The van der Waals surface area contributed by atoms with E-state index in [0.717, 1.165) is 48.2 Å². The molecule has 0 saturated carbocycles. The molecule has 0 radical (unpaired) electrons. The number of carbonyl (C=O) groups is 2. The maximum atomic E-state index is 13.8. The van der Waals surface area contributed by atoms with Gasteiger partial charge < -0.3 is 14.8 Å². The Hall–Kier alpha value is -4.00. The molecule has 0 aliphatic carbocycles. The summed E-state index contributed by atoms with van der Waals surface area (Å²) in [5.41, 5.74) is 2.76. The molecule has 0 aliphatic heterocycles. The standard InChI is InChI=1S/C30H33FN4O2/c1-22(2)35(23-13-5-3-6-14-23)29(36)21-34-27-18-11-10-17-26(27)33-28(34)19-7-4-12-20-32-30(37)24-15-8-9-16-25(24)31/h3,5-6,8-11,13-18,22H,4,7,12,19-21H2,1-2H3,(H,32,37). The molecule has 0 bridgehead atoms. The number of rotatable bonds is 11. The number of imidazole rings is 1. The molecule has 0 aliphatic rings. The molecule has 0 unspecified atom stereocenters. The van der Waals surface area contributed by atoms with Gasteiger partial charge in [-0.2, -0.15) is 0 Å². The summed E-state index contributed by atoms with van der Waals surface area (Å²) in [7, 11) is 0. The van der Waals surface area contributed by atoms with Crippen LogP contribution in [-0.4, -0.2) is 34.0 Å². The SMILES string of the molecule is CC(C)N(C(=O)Cn1c(CCCCCNC(=O)c2ccccc2F)nc2ccccc21)c1ccccc1. The summed E-state index contributed by atoms with van der Waals surface area (Å²) in [5.74, 6) is -0.0218. The van der Waals surface area contributed by atoms with Crippen LogP contribution in [0.3, 0.4) is 0 Å². The fraction of sp³-hybridized carbons (Fsp3) is 0.300. The van der Waals surface area contributed by atoms with E-state index in [0.29, 0.717) is 6.54 Å². The van der Waals surface area contributed by atoms with Crippen LogP contribution in [0.2, 0.25) is 0 Å². The summed E-state index contributed by atoms with van der Waals surface area (Å²) in [6, 6.07) is 23.6. The van der Waals surface area contributed by atoms with Crippen molar-refractivity contribution >= 4 is 28.5 Å². The number of hydrogen-bond acceptors (Lipinski definition) is 3. The first-order valence-electron chi connectivity index (χ1n) is 12.8. The fourth-order valence-corrected chi connectivity index (χ4v) is 4.55. The van der Waals surface area contributed by atoms with Crippen LogP contribution in [0.1, 0.15) is 49.3 Å². The highest BCUT2D eigenvalue weighted by Crippen LogP contribution is 2.21. The first kappa shape index (κ1) is 26.1. The van der Waals surface area contributed by atoms with Gasteiger partial charge in [0.05, 0.1) is 16.6 Å². The Morgan fingerprint density at radius 1 is 0.919 bits per heavy atom. The number of nitrogens with zero attached hydrogens (tertiary/aromatic N) is 3. The number of fused-ring (bicyclic) bond motifs is 1. The lowest BCUT2D eigenvalue weighted by Crippen LogP contribution is -2.39. The number of aryl methyl sites for hydroxylation is 1. The van der Waals surface area contributed by atoms with Crippen molar-refractivity contribution in [3.63, 3.8) is 0 Å². The van der Waals surface area contributed by atoms with E-state index >= 15 is 0 Å². The molecule has 1 aromatic heterocycles. The van der Waals surface area contributed by atoms with Gasteiger partial charge in [-0.1, -0.05) is 48.9 Å². The van der Waals surface area contributed by atoms with Gasteiger partial charge in [0.1, 0.15) is 18.2 Å². The predicted octanol–water partition coefficient (Wildman–Crippen LogP) is 5.76. The van der Waals surface area contributed by atoms with Gasteiger partial charge in [0.2, 0.25) is 5.91 Å². The number of nitrogens with one attached hydrogen (secondary N) is 1. The van der Waals surface area contributed by atoms with Crippen LogP contribution in [0.25, 0.3) is 11.0 Å². The monoisotopic (exact) mass is 500 g/mol. The minimum absolute atomic E-state index is 0.0152. The van der Waals surface area contributed by atoms with E-state index in [1.807, 2.05) is 77.9 Å². The third-order valence-corrected chi connectivity index (χ3v) is 6.33. The minimum atomic E-state index is -0.517. The predicted molar refractivity (Wildman–Crippen MR) is 145 cm³/mol. The van der Waals surface area contributed by atoms with Gasteiger partial charge in [-0.05, 0) is 63.1 Å². The summed E-state index contributed by atoms with van der Waals surface area (Å²) < 4.78 is 15.8. The van der Waals surface area contributed by atoms with E-state index in [-0.39, 0.29) is 24.1 Å². The molecule has 0 fully saturated rings. The Morgan fingerprint density at radius 3 is 2.38 bits per heavy atom. The van der Waals surface area contributed by atoms with Gasteiger partial charge >= 0.3 is 0 Å². The van der Waals surface area contributed by atoms with Crippen molar-refractivity contribution < 1.29 is 14.0 Å². The Bertz CT molecular complexity index is 1350. The molecular weight excluding hydrogens is 467 g/mol. The molecule has 37 heavy (non-hydrogen) atoms. The van der Waals surface area contributed by atoms with Crippen LogP contribution in [0.4, 0.5) is 10.1 Å². The topological polar surface area (TPSA) is 67.2 Å². The summed E-state index contributed by atoms with van der Waals surface area (Å²) >= 11 is 0. The van der Waals surface area contributed by atoms with Crippen molar-refractivity contribution in [3.05, 3.63) is 96.1 Å². The maximum absolute atomic E-state index is 13.8. The zero-order valence-electron chi connectivity index (χ0n) is 21.4. The number of unbranched alkanes of at least 4 members (excludes halogenated alkanes) is 2. The number of halogens is 1. The van der Waals surface area contributed by atoms with Crippen LogP contribution in [0.15, 0.2) is 78.9 Å². The average Bonchev–Trinajstić information content (AvgIpc) is 3.23. The summed E-state index contributed by atoms with van der Waals surface area (Å²) in [6.45, 7) is 4.72. The molecule has 1 heterocycles. The molecule has 3 aromatic carbocycles. The van der Waals surface area contributed by atoms with Gasteiger partial charge in [-0.15, -0.1) is 0 Å². The largest absolute Gasteiger partial charge is 0.352 e. The molecule has 4 aromatic rings. The van der Waals surface area contributed by atoms with Gasteiger partial charge in [0.25, 0.3) is 5.91 Å². The molecule has 1 N–H and O–H groups in total. The smallest absolute Gasteiger partial charge is 0.254 e. The van der Waals surface area contributed by atoms with Crippen LogP contribution in [0, 0.1) is 5.82 Å². The molecule has 4 rings (SSSR count). The third kappa shape index (κ3) is 6.42. The second-order valence-electron chi connectivity index (χ2n) is 9.34. The highest BCUT2D eigenvalue weighted by molar-refractivity contribution is 5.95. The molecule has 192 valence electrons. The molecule has 6 nitrogen and oxygen atoms in total. The van der Waals surface area contributed by atoms with Crippen molar-refractivity contribution in [1.82, 2.24) is 14.9 Å². The Morgan fingerprint density at radius 2 is 1.62 bits per heavy atom. The number of carbonyl (C=O) groups excluding carboxylic acids is 2. The summed E-state index contributed by atoms with van der Waals surface area (Å²) in [5, 5.41) is 2.79. The quantitative estimate of drug-likeness (QED) is 0.266. The van der Waals surface area contributed by atoms with Crippen molar-refractivity contribution in [2.45, 2.75) is 52.1 Å². The number of hydrogen-bond donors (Lipinski definition) is 1. The zero-order chi connectivity index (χ0) is 26.2. The molecule has 7 heteroatoms. The fourth-order valence-electron chi connectivity index (χ4n) is 4.55. The van der Waals surface area contributed by atoms with Gasteiger partial charge in [-0.3, -0.25) is 9.59 Å². The Balaban J connectivity index is 1.38. The normalized spacial score (nSPS) is 11.1. The lowest BCUT2D eigenvalue weighted by atomic mass is 10.1. The van der Waals surface area contributed by atoms with E-state index in [2.05, 4.69) is 5.32 Å². The second kappa shape index (κ2) is 12.3. The van der Waals surface area contributed by atoms with Crippen LogP contribution in [-0.2, 0) is 17.8 Å². The van der Waals surface area contributed by atoms with Crippen LogP contribution in [0.5, 0.6) is 0 Å². The highest BCUT2D eigenvalue weighted by atomic mass is 19.1.